The first-order valence-electron chi connectivity index (χ1n) is 5.65. The third kappa shape index (κ3) is 5.42. The maximum atomic E-state index is 10.6. The largest absolute Gasteiger partial charge is 0.481 e. The van der Waals surface area contributed by atoms with Crippen LogP contribution in [0.25, 0.3) is 0 Å². The lowest BCUT2D eigenvalue weighted by atomic mass is 9.95. The molecule has 0 radical (unpaired) electrons. The van der Waals surface area contributed by atoms with Gasteiger partial charge in [0.05, 0.1) is 0 Å². The summed E-state index contributed by atoms with van der Waals surface area (Å²) in [4.78, 5) is 13.0. The van der Waals surface area contributed by atoms with Crippen molar-refractivity contribution >= 4 is 17.7 Å². The maximum Gasteiger partial charge on any atom is 0.303 e. The predicted octanol–water partition coefficient (Wildman–Crippen LogP) is 1.93. The molecule has 1 saturated heterocycles. The van der Waals surface area contributed by atoms with Crippen molar-refractivity contribution < 1.29 is 9.90 Å². The maximum absolute atomic E-state index is 10.6. The second-order valence-electron chi connectivity index (χ2n) is 4.25. The zero-order chi connectivity index (χ0) is 11.1. The summed E-state index contributed by atoms with van der Waals surface area (Å²) in [6.45, 7) is 3.28. The molecular weight excluding hydrogens is 210 g/mol. The molecule has 0 aromatic rings. The Kier molecular flexibility index (Phi) is 6.10. The number of carboxylic acids is 1. The molecular formula is C11H21NO2S. The minimum Gasteiger partial charge on any atom is -0.481 e. The van der Waals surface area contributed by atoms with Gasteiger partial charge in [0, 0.05) is 13.0 Å². The van der Waals surface area contributed by atoms with Gasteiger partial charge in [0.15, 0.2) is 0 Å². The van der Waals surface area contributed by atoms with E-state index in [2.05, 4.69) is 11.2 Å². The Bertz CT molecular complexity index is 199. The van der Waals surface area contributed by atoms with E-state index in [1.165, 1.54) is 12.2 Å². The van der Waals surface area contributed by atoms with Gasteiger partial charge in [-0.2, -0.15) is 11.8 Å². The molecule has 0 amide bonds. The lowest BCUT2D eigenvalue weighted by Gasteiger charge is -2.31. The van der Waals surface area contributed by atoms with Crippen LogP contribution in [0.2, 0.25) is 0 Å². The Labute approximate surface area is 96.2 Å². The van der Waals surface area contributed by atoms with Crippen LogP contribution in [0, 0.1) is 5.92 Å². The van der Waals surface area contributed by atoms with Crippen molar-refractivity contribution in [3.63, 3.8) is 0 Å². The topological polar surface area (TPSA) is 40.5 Å². The Morgan fingerprint density at radius 1 is 1.60 bits per heavy atom. The standard InChI is InChI=1S/C11H21NO2S/c1-15-7-3-6-12-5-2-4-10(9-12)8-11(13)14/h10H,2-9H2,1H3,(H,13,14). The van der Waals surface area contributed by atoms with E-state index in [-0.39, 0.29) is 0 Å². The van der Waals surface area contributed by atoms with E-state index in [4.69, 9.17) is 5.11 Å². The molecule has 1 aliphatic heterocycles. The zero-order valence-corrected chi connectivity index (χ0v) is 10.3. The summed E-state index contributed by atoms with van der Waals surface area (Å²) in [5, 5.41) is 8.74. The van der Waals surface area contributed by atoms with Crippen LogP contribution in [0.3, 0.4) is 0 Å². The van der Waals surface area contributed by atoms with Crippen LogP contribution in [-0.2, 0) is 4.79 Å². The molecule has 3 nitrogen and oxygen atoms in total. The fraction of sp³-hybridized carbons (Fsp3) is 0.909. The second kappa shape index (κ2) is 7.12. The van der Waals surface area contributed by atoms with E-state index in [9.17, 15) is 4.79 Å². The van der Waals surface area contributed by atoms with Gasteiger partial charge in [0.1, 0.15) is 0 Å². The highest BCUT2D eigenvalue weighted by Crippen LogP contribution is 2.19. The van der Waals surface area contributed by atoms with Gasteiger partial charge in [-0.3, -0.25) is 4.79 Å². The van der Waals surface area contributed by atoms with Gasteiger partial charge in [0.25, 0.3) is 0 Å². The third-order valence-electron chi connectivity index (χ3n) is 2.89. The van der Waals surface area contributed by atoms with Crippen molar-refractivity contribution in [2.75, 3.05) is 31.6 Å². The van der Waals surface area contributed by atoms with Crippen LogP contribution in [0.5, 0.6) is 0 Å². The molecule has 15 heavy (non-hydrogen) atoms. The number of hydrogen-bond acceptors (Lipinski definition) is 3. The summed E-state index contributed by atoms with van der Waals surface area (Å²) >= 11 is 1.88. The number of thioether (sulfide) groups is 1. The molecule has 88 valence electrons. The fourth-order valence-electron chi connectivity index (χ4n) is 2.20. The van der Waals surface area contributed by atoms with Crippen molar-refractivity contribution in [1.29, 1.82) is 0 Å². The van der Waals surface area contributed by atoms with E-state index in [1.54, 1.807) is 0 Å². The van der Waals surface area contributed by atoms with Gasteiger partial charge in [-0.25, -0.2) is 0 Å². The molecule has 0 aromatic heterocycles. The number of rotatable bonds is 6. The normalized spacial score (nSPS) is 22.9. The molecule has 0 spiro atoms. The smallest absolute Gasteiger partial charge is 0.303 e. The average molecular weight is 231 g/mol. The van der Waals surface area contributed by atoms with E-state index in [0.717, 1.165) is 32.5 Å². The van der Waals surface area contributed by atoms with Crippen molar-refractivity contribution in [2.24, 2.45) is 5.92 Å². The van der Waals surface area contributed by atoms with Crippen LogP contribution < -0.4 is 0 Å². The number of likely N-dealkylation sites (tertiary alicyclic amines) is 1. The molecule has 0 bridgehead atoms. The van der Waals surface area contributed by atoms with E-state index >= 15 is 0 Å². The summed E-state index contributed by atoms with van der Waals surface area (Å²) in [6.07, 6.45) is 5.95. The number of carbonyl (C=O) groups is 1. The Morgan fingerprint density at radius 3 is 3.07 bits per heavy atom. The minimum atomic E-state index is -0.647. The summed E-state index contributed by atoms with van der Waals surface area (Å²) in [6, 6.07) is 0. The number of carboxylic acid groups (broad SMARTS) is 1. The molecule has 1 rings (SSSR count). The average Bonchev–Trinajstić information content (AvgIpc) is 2.18. The molecule has 1 N–H and O–H groups in total. The van der Waals surface area contributed by atoms with Crippen LogP contribution in [0.4, 0.5) is 0 Å². The first-order chi connectivity index (χ1) is 7.22. The highest BCUT2D eigenvalue weighted by atomic mass is 32.2. The van der Waals surface area contributed by atoms with Gasteiger partial charge in [0.2, 0.25) is 0 Å². The highest BCUT2D eigenvalue weighted by Gasteiger charge is 2.21. The number of piperidine rings is 1. The van der Waals surface area contributed by atoms with E-state index in [0.29, 0.717) is 12.3 Å². The Morgan fingerprint density at radius 2 is 2.40 bits per heavy atom. The van der Waals surface area contributed by atoms with Crippen molar-refractivity contribution in [3.05, 3.63) is 0 Å². The summed E-state index contributed by atoms with van der Waals surface area (Å²) < 4.78 is 0. The summed E-state index contributed by atoms with van der Waals surface area (Å²) in [7, 11) is 0. The van der Waals surface area contributed by atoms with E-state index in [1.807, 2.05) is 11.8 Å². The molecule has 1 fully saturated rings. The molecule has 1 unspecified atom stereocenters. The molecule has 4 heteroatoms. The van der Waals surface area contributed by atoms with E-state index < -0.39 is 5.97 Å². The van der Waals surface area contributed by atoms with Gasteiger partial charge >= 0.3 is 5.97 Å². The highest BCUT2D eigenvalue weighted by molar-refractivity contribution is 7.98. The molecule has 1 heterocycles. The molecule has 1 atom stereocenters. The van der Waals surface area contributed by atoms with Gasteiger partial charge in [-0.1, -0.05) is 0 Å². The summed E-state index contributed by atoms with van der Waals surface area (Å²) in [5.74, 6) is 0.941. The first kappa shape index (κ1) is 12.8. The number of hydrogen-bond donors (Lipinski definition) is 1. The third-order valence-corrected chi connectivity index (χ3v) is 3.59. The number of aliphatic carboxylic acids is 1. The van der Waals surface area contributed by atoms with Crippen molar-refractivity contribution in [1.82, 2.24) is 4.90 Å². The predicted molar refractivity (Wildman–Crippen MR) is 64.4 cm³/mol. The zero-order valence-electron chi connectivity index (χ0n) is 9.45. The molecule has 0 aliphatic carbocycles. The first-order valence-corrected chi connectivity index (χ1v) is 7.05. The fourth-order valence-corrected chi connectivity index (χ4v) is 2.62. The minimum absolute atomic E-state index is 0.346. The number of nitrogens with zero attached hydrogens (tertiary/aromatic N) is 1. The van der Waals surface area contributed by atoms with Crippen LogP contribution in [0.1, 0.15) is 25.7 Å². The van der Waals surface area contributed by atoms with Crippen LogP contribution in [0.15, 0.2) is 0 Å². The Balaban J connectivity index is 2.19. The van der Waals surface area contributed by atoms with Gasteiger partial charge in [-0.15, -0.1) is 0 Å². The van der Waals surface area contributed by atoms with Crippen molar-refractivity contribution in [2.45, 2.75) is 25.7 Å². The summed E-state index contributed by atoms with van der Waals surface area (Å²) in [5.41, 5.74) is 0. The molecule has 0 aromatic carbocycles. The van der Waals surface area contributed by atoms with Crippen LogP contribution >= 0.6 is 11.8 Å². The van der Waals surface area contributed by atoms with Gasteiger partial charge < -0.3 is 10.0 Å². The Hall–Kier alpha value is -0.220. The second-order valence-corrected chi connectivity index (χ2v) is 5.24. The van der Waals surface area contributed by atoms with Crippen molar-refractivity contribution in [3.8, 4) is 0 Å². The van der Waals surface area contributed by atoms with Gasteiger partial charge in [-0.05, 0) is 50.3 Å². The molecule has 0 saturated carbocycles. The lowest BCUT2D eigenvalue weighted by Crippen LogP contribution is -2.37. The monoisotopic (exact) mass is 231 g/mol. The quantitative estimate of drug-likeness (QED) is 0.709. The SMILES string of the molecule is CSCCCN1CCCC(CC(=O)O)C1. The molecule has 1 aliphatic rings. The van der Waals surface area contributed by atoms with Crippen LogP contribution in [-0.4, -0.2) is 47.6 Å². The lowest BCUT2D eigenvalue weighted by molar-refractivity contribution is -0.138.